The maximum Gasteiger partial charge on any atom is 0.133 e. The molecule has 0 unspecified atom stereocenters. The average molecular weight is 195 g/mol. The fourth-order valence-electron chi connectivity index (χ4n) is 1.76. The molecular weight excluding hydrogens is 182 g/mol. The van der Waals surface area contributed by atoms with E-state index in [1.165, 1.54) is 4.80 Å². The fourth-order valence-corrected chi connectivity index (χ4v) is 1.76. The second-order valence-electron chi connectivity index (χ2n) is 3.79. The molecule has 0 aliphatic heterocycles. The second kappa shape index (κ2) is 3.16. The van der Waals surface area contributed by atoms with Crippen LogP contribution < -0.4 is 0 Å². The van der Waals surface area contributed by atoms with Crippen molar-refractivity contribution in [1.82, 2.24) is 15.0 Å². The number of carbonyl (C=O) groups excluding carboxylic acids is 1. The van der Waals surface area contributed by atoms with E-state index in [2.05, 4.69) is 10.2 Å². The van der Waals surface area contributed by atoms with E-state index in [4.69, 9.17) is 0 Å². The Morgan fingerprint density at radius 3 is 2.64 bits per heavy atom. The first kappa shape index (κ1) is 9.33. The number of carbonyl (C=O) groups is 1. The van der Waals surface area contributed by atoms with Gasteiger partial charge in [-0.25, -0.2) is 0 Å². The van der Waals surface area contributed by atoms with Crippen LogP contribution in [0.25, 0.3) is 0 Å². The van der Waals surface area contributed by atoms with Crippen molar-refractivity contribution in [3.05, 3.63) is 11.9 Å². The molecule has 0 aromatic carbocycles. The van der Waals surface area contributed by atoms with E-state index < -0.39 is 5.60 Å². The number of hydrogen-bond donors (Lipinski definition) is 1. The molecule has 0 bridgehead atoms. The number of aliphatic hydroxyl groups is 1. The fraction of sp³-hybridized carbons (Fsp3) is 0.667. The van der Waals surface area contributed by atoms with Crippen LogP contribution in [0.3, 0.4) is 0 Å². The Morgan fingerprint density at radius 1 is 1.50 bits per heavy atom. The van der Waals surface area contributed by atoms with Gasteiger partial charge in [-0.1, -0.05) is 0 Å². The standard InChI is InChI=1S/C9H13N3O2/c1-12-10-6-8(11-12)9(14)4-2-7(13)3-5-9/h6,14H,2-5H2,1H3. The Morgan fingerprint density at radius 2 is 2.14 bits per heavy atom. The van der Waals surface area contributed by atoms with Gasteiger partial charge in [-0.2, -0.15) is 15.0 Å². The van der Waals surface area contributed by atoms with Crippen LogP contribution in [-0.4, -0.2) is 25.9 Å². The average Bonchev–Trinajstić information content (AvgIpc) is 2.58. The zero-order valence-electron chi connectivity index (χ0n) is 8.10. The summed E-state index contributed by atoms with van der Waals surface area (Å²) in [4.78, 5) is 12.5. The molecule has 0 atom stereocenters. The van der Waals surface area contributed by atoms with Crippen molar-refractivity contribution in [1.29, 1.82) is 0 Å². The summed E-state index contributed by atoms with van der Waals surface area (Å²) >= 11 is 0. The lowest BCUT2D eigenvalue weighted by atomic mass is 9.82. The van der Waals surface area contributed by atoms with Gasteiger partial charge in [0, 0.05) is 19.9 Å². The van der Waals surface area contributed by atoms with Crippen LogP contribution in [0.2, 0.25) is 0 Å². The summed E-state index contributed by atoms with van der Waals surface area (Å²) in [5, 5.41) is 18.2. The van der Waals surface area contributed by atoms with Gasteiger partial charge in [0.2, 0.25) is 0 Å². The number of hydrogen-bond acceptors (Lipinski definition) is 4. The molecule has 5 nitrogen and oxygen atoms in total. The van der Waals surface area contributed by atoms with Crippen LogP contribution in [0, 0.1) is 0 Å². The van der Waals surface area contributed by atoms with Gasteiger partial charge in [0.1, 0.15) is 17.1 Å². The maximum absolute atomic E-state index is 11.0. The summed E-state index contributed by atoms with van der Waals surface area (Å²) in [6.45, 7) is 0. The number of rotatable bonds is 1. The highest BCUT2D eigenvalue weighted by molar-refractivity contribution is 5.79. The largest absolute Gasteiger partial charge is 0.383 e. The third-order valence-corrected chi connectivity index (χ3v) is 2.71. The third kappa shape index (κ3) is 1.55. The molecule has 1 N–H and O–H groups in total. The minimum Gasteiger partial charge on any atom is -0.383 e. The number of aromatic nitrogens is 3. The van der Waals surface area contributed by atoms with Crippen LogP contribution in [0.5, 0.6) is 0 Å². The molecule has 0 amide bonds. The highest BCUT2D eigenvalue weighted by atomic mass is 16.3. The molecule has 1 aliphatic carbocycles. The molecule has 0 radical (unpaired) electrons. The molecule has 14 heavy (non-hydrogen) atoms. The molecule has 1 aromatic heterocycles. The van der Waals surface area contributed by atoms with Gasteiger partial charge in [0.15, 0.2) is 0 Å². The molecule has 1 aromatic rings. The van der Waals surface area contributed by atoms with Crippen LogP contribution in [0.4, 0.5) is 0 Å². The molecule has 1 aliphatic rings. The summed E-state index contributed by atoms with van der Waals surface area (Å²) in [7, 11) is 1.71. The van der Waals surface area contributed by atoms with Crippen LogP contribution in [0.1, 0.15) is 31.4 Å². The van der Waals surface area contributed by atoms with E-state index in [9.17, 15) is 9.90 Å². The van der Waals surface area contributed by atoms with Gasteiger partial charge in [-0.05, 0) is 12.8 Å². The van der Waals surface area contributed by atoms with E-state index in [1.807, 2.05) is 0 Å². The van der Waals surface area contributed by atoms with Crippen molar-refractivity contribution in [2.45, 2.75) is 31.3 Å². The van der Waals surface area contributed by atoms with Gasteiger partial charge in [-0.15, -0.1) is 0 Å². The number of ketones is 1. The van der Waals surface area contributed by atoms with Crippen molar-refractivity contribution in [2.75, 3.05) is 0 Å². The molecule has 1 heterocycles. The Hall–Kier alpha value is -1.23. The predicted molar refractivity (Wildman–Crippen MR) is 48.4 cm³/mol. The van der Waals surface area contributed by atoms with Crippen LogP contribution >= 0.6 is 0 Å². The molecule has 0 saturated heterocycles. The monoisotopic (exact) mass is 195 g/mol. The van der Waals surface area contributed by atoms with E-state index in [1.54, 1.807) is 13.2 Å². The Labute approximate surface area is 81.7 Å². The zero-order chi connectivity index (χ0) is 10.2. The first-order chi connectivity index (χ1) is 6.60. The van der Waals surface area contributed by atoms with Gasteiger partial charge in [0.05, 0.1) is 6.20 Å². The normalized spacial score (nSPS) is 21.1. The van der Waals surface area contributed by atoms with E-state index in [-0.39, 0.29) is 5.78 Å². The van der Waals surface area contributed by atoms with Crippen molar-refractivity contribution >= 4 is 5.78 Å². The summed E-state index contributed by atoms with van der Waals surface area (Å²) in [5.74, 6) is 0.221. The van der Waals surface area contributed by atoms with Gasteiger partial charge in [0.25, 0.3) is 0 Å². The molecular formula is C9H13N3O2. The van der Waals surface area contributed by atoms with Crippen molar-refractivity contribution in [3.63, 3.8) is 0 Å². The SMILES string of the molecule is Cn1ncc(C2(O)CCC(=O)CC2)n1. The van der Waals surface area contributed by atoms with Crippen LogP contribution in [0.15, 0.2) is 6.20 Å². The third-order valence-electron chi connectivity index (χ3n) is 2.71. The lowest BCUT2D eigenvalue weighted by molar-refractivity contribution is -0.125. The minimum absolute atomic E-state index is 0.221. The van der Waals surface area contributed by atoms with Crippen molar-refractivity contribution < 1.29 is 9.90 Å². The van der Waals surface area contributed by atoms with Gasteiger partial charge < -0.3 is 5.11 Å². The summed E-state index contributed by atoms with van der Waals surface area (Å²) < 4.78 is 0. The molecule has 5 heteroatoms. The summed E-state index contributed by atoms with van der Waals surface area (Å²) in [6.07, 6.45) is 3.37. The first-order valence-corrected chi connectivity index (χ1v) is 4.71. The first-order valence-electron chi connectivity index (χ1n) is 4.71. The van der Waals surface area contributed by atoms with Crippen molar-refractivity contribution in [3.8, 4) is 0 Å². The Bertz CT molecular complexity index is 349. The highest BCUT2D eigenvalue weighted by Gasteiger charge is 2.36. The van der Waals surface area contributed by atoms with E-state index in [0.29, 0.717) is 31.4 Å². The lowest BCUT2D eigenvalue weighted by Crippen LogP contribution is -2.32. The molecule has 76 valence electrons. The maximum atomic E-state index is 11.0. The number of nitrogens with zero attached hydrogens (tertiary/aromatic N) is 3. The number of aryl methyl sites for hydroxylation is 1. The predicted octanol–water partition coefficient (Wildman–Crippen LogP) is 0.146. The number of Topliss-reactive ketones (excluding diaryl/α,β-unsaturated/α-hetero) is 1. The van der Waals surface area contributed by atoms with Crippen LogP contribution in [-0.2, 0) is 17.4 Å². The highest BCUT2D eigenvalue weighted by Crippen LogP contribution is 2.33. The van der Waals surface area contributed by atoms with Crippen molar-refractivity contribution in [2.24, 2.45) is 7.05 Å². The molecule has 1 fully saturated rings. The van der Waals surface area contributed by atoms with Gasteiger partial charge >= 0.3 is 0 Å². The molecule has 2 rings (SSSR count). The second-order valence-corrected chi connectivity index (χ2v) is 3.79. The molecule has 0 spiro atoms. The summed E-state index contributed by atoms with van der Waals surface area (Å²) in [5.41, 5.74) is -0.366. The van der Waals surface area contributed by atoms with E-state index in [0.717, 1.165) is 0 Å². The smallest absolute Gasteiger partial charge is 0.133 e. The zero-order valence-corrected chi connectivity index (χ0v) is 8.10. The lowest BCUT2D eigenvalue weighted by Gasteiger charge is -2.29. The molecule has 1 saturated carbocycles. The summed E-state index contributed by atoms with van der Waals surface area (Å²) in [6, 6.07) is 0. The Kier molecular flexibility index (Phi) is 2.11. The minimum atomic E-state index is -0.942. The Balaban J connectivity index is 2.20. The quantitative estimate of drug-likeness (QED) is 0.692. The van der Waals surface area contributed by atoms with E-state index >= 15 is 0 Å². The van der Waals surface area contributed by atoms with Gasteiger partial charge in [-0.3, -0.25) is 4.79 Å². The topological polar surface area (TPSA) is 68.0 Å².